The molecule has 3 rings (SSSR count). The highest BCUT2D eigenvalue weighted by Crippen LogP contribution is 2.25. The van der Waals surface area contributed by atoms with Gasteiger partial charge in [0, 0.05) is 6.04 Å². The van der Waals surface area contributed by atoms with E-state index in [1.807, 2.05) is 0 Å². The molecule has 26 heavy (non-hydrogen) atoms. The zero-order valence-corrected chi connectivity index (χ0v) is 16.5. The van der Waals surface area contributed by atoms with Crippen LogP contribution in [0.3, 0.4) is 0 Å². The van der Waals surface area contributed by atoms with Gasteiger partial charge in [-0.25, -0.2) is 4.98 Å². The second kappa shape index (κ2) is 10.2. The van der Waals surface area contributed by atoms with E-state index in [4.69, 9.17) is 5.11 Å². The summed E-state index contributed by atoms with van der Waals surface area (Å²) in [6.07, 6.45) is 9.01. The topological polar surface area (TPSA) is 91.3 Å². The van der Waals surface area contributed by atoms with E-state index >= 15 is 0 Å². The minimum absolute atomic E-state index is 0. The number of aliphatic carboxylic acids is 1. The quantitative estimate of drug-likeness (QED) is 0.681. The van der Waals surface area contributed by atoms with Crippen molar-refractivity contribution in [1.29, 1.82) is 0 Å². The maximum absolute atomic E-state index is 12.4. The van der Waals surface area contributed by atoms with Gasteiger partial charge in [-0.1, -0.05) is 0 Å². The Labute approximate surface area is 164 Å². The van der Waals surface area contributed by atoms with Crippen molar-refractivity contribution in [2.75, 3.05) is 13.1 Å². The van der Waals surface area contributed by atoms with E-state index in [1.165, 1.54) is 24.2 Å². The SMILES string of the molecule is Cl.O=C(NC1CCC(C(=O)O)CC1)c1cnc(CCC2CCNCC2)s1. The number of carbonyl (C=O) groups excluding carboxylic acids is 1. The maximum atomic E-state index is 12.4. The molecule has 6 nitrogen and oxygen atoms in total. The van der Waals surface area contributed by atoms with Crippen molar-refractivity contribution in [1.82, 2.24) is 15.6 Å². The molecule has 0 bridgehead atoms. The van der Waals surface area contributed by atoms with Crippen LogP contribution in [0.1, 0.15) is 59.6 Å². The summed E-state index contributed by atoms with van der Waals surface area (Å²) in [6.45, 7) is 2.22. The summed E-state index contributed by atoms with van der Waals surface area (Å²) in [5.74, 6) is -0.264. The Hall–Kier alpha value is -1.18. The molecule has 2 heterocycles. The van der Waals surface area contributed by atoms with E-state index in [-0.39, 0.29) is 30.3 Å². The average Bonchev–Trinajstić information content (AvgIpc) is 3.10. The number of aryl methyl sites for hydroxylation is 1. The number of carboxylic acids is 1. The largest absolute Gasteiger partial charge is 0.481 e. The van der Waals surface area contributed by atoms with Crippen LogP contribution >= 0.6 is 23.7 Å². The van der Waals surface area contributed by atoms with Gasteiger partial charge in [0.15, 0.2) is 0 Å². The predicted molar refractivity (Wildman–Crippen MR) is 104 cm³/mol. The maximum Gasteiger partial charge on any atom is 0.306 e. The van der Waals surface area contributed by atoms with Crippen molar-refractivity contribution in [2.24, 2.45) is 11.8 Å². The molecule has 2 aliphatic rings. The third-order valence-electron chi connectivity index (χ3n) is 5.41. The van der Waals surface area contributed by atoms with E-state index in [0.717, 1.165) is 49.7 Å². The molecule has 0 spiro atoms. The minimum atomic E-state index is -0.717. The first-order valence-corrected chi connectivity index (χ1v) is 10.1. The summed E-state index contributed by atoms with van der Waals surface area (Å²) in [7, 11) is 0. The molecule has 8 heteroatoms. The molecule has 0 atom stereocenters. The molecule has 1 aromatic rings. The molecule has 0 aromatic carbocycles. The average molecular weight is 402 g/mol. The molecule has 0 unspecified atom stereocenters. The molecular formula is C18H28ClN3O3S. The number of nitrogens with one attached hydrogen (secondary N) is 2. The van der Waals surface area contributed by atoms with Crippen LogP contribution in [0, 0.1) is 11.8 Å². The first-order valence-electron chi connectivity index (χ1n) is 9.31. The Morgan fingerprint density at radius 2 is 1.88 bits per heavy atom. The number of rotatable bonds is 6. The van der Waals surface area contributed by atoms with Crippen LogP contribution in [0.2, 0.25) is 0 Å². The summed E-state index contributed by atoms with van der Waals surface area (Å²) < 4.78 is 0. The van der Waals surface area contributed by atoms with Gasteiger partial charge in [0.2, 0.25) is 0 Å². The van der Waals surface area contributed by atoms with E-state index in [9.17, 15) is 9.59 Å². The normalized spacial score (nSPS) is 23.8. The molecule has 1 aliphatic heterocycles. The van der Waals surface area contributed by atoms with E-state index in [1.54, 1.807) is 6.20 Å². The number of hydrogen-bond donors (Lipinski definition) is 3. The fourth-order valence-corrected chi connectivity index (χ4v) is 4.61. The fraction of sp³-hybridized carbons (Fsp3) is 0.722. The Balaban J connectivity index is 0.00000243. The number of amides is 1. The number of nitrogens with zero attached hydrogens (tertiary/aromatic N) is 1. The Morgan fingerprint density at radius 3 is 2.54 bits per heavy atom. The molecule has 1 saturated carbocycles. The molecule has 146 valence electrons. The van der Waals surface area contributed by atoms with Gasteiger partial charge in [-0.05, 0) is 70.4 Å². The van der Waals surface area contributed by atoms with E-state index in [2.05, 4.69) is 15.6 Å². The van der Waals surface area contributed by atoms with Crippen LogP contribution in [0.5, 0.6) is 0 Å². The lowest BCUT2D eigenvalue weighted by Crippen LogP contribution is -2.38. The zero-order valence-electron chi connectivity index (χ0n) is 14.9. The first-order chi connectivity index (χ1) is 12.1. The summed E-state index contributed by atoms with van der Waals surface area (Å²) in [6, 6.07) is 0.0865. The fourth-order valence-electron chi connectivity index (χ4n) is 3.77. The van der Waals surface area contributed by atoms with Gasteiger partial charge in [0.1, 0.15) is 4.88 Å². The highest BCUT2D eigenvalue weighted by atomic mass is 35.5. The molecule has 0 radical (unpaired) electrons. The van der Waals surface area contributed by atoms with Gasteiger partial charge >= 0.3 is 5.97 Å². The molecule has 1 aliphatic carbocycles. The second-order valence-corrected chi connectivity index (χ2v) is 8.33. The van der Waals surface area contributed by atoms with Gasteiger partial charge in [0.05, 0.1) is 17.1 Å². The smallest absolute Gasteiger partial charge is 0.306 e. The highest BCUT2D eigenvalue weighted by molar-refractivity contribution is 7.13. The predicted octanol–water partition coefficient (Wildman–Crippen LogP) is 2.87. The van der Waals surface area contributed by atoms with Crippen LogP contribution in [0.15, 0.2) is 6.20 Å². The van der Waals surface area contributed by atoms with Gasteiger partial charge in [-0.2, -0.15) is 0 Å². The van der Waals surface area contributed by atoms with E-state index < -0.39 is 5.97 Å². The van der Waals surface area contributed by atoms with Gasteiger partial charge < -0.3 is 15.7 Å². The van der Waals surface area contributed by atoms with Crippen molar-refractivity contribution >= 4 is 35.6 Å². The van der Waals surface area contributed by atoms with Crippen LogP contribution in [0.25, 0.3) is 0 Å². The lowest BCUT2D eigenvalue weighted by Gasteiger charge is -2.26. The van der Waals surface area contributed by atoms with Crippen molar-refractivity contribution in [3.8, 4) is 0 Å². The van der Waals surface area contributed by atoms with Crippen molar-refractivity contribution < 1.29 is 14.7 Å². The highest BCUT2D eigenvalue weighted by Gasteiger charge is 2.27. The lowest BCUT2D eigenvalue weighted by atomic mass is 9.86. The molecule has 3 N–H and O–H groups in total. The Morgan fingerprint density at radius 1 is 1.19 bits per heavy atom. The van der Waals surface area contributed by atoms with Crippen molar-refractivity contribution in [3.05, 3.63) is 16.1 Å². The molecule has 1 saturated heterocycles. The number of thiazole rings is 1. The first kappa shape index (κ1) is 21.1. The number of aromatic nitrogens is 1. The van der Waals surface area contributed by atoms with Crippen molar-refractivity contribution in [2.45, 2.75) is 57.4 Å². The zero-order chi connectivity index (χ0) is 17.6. The summed E-state index contributed by atoms with van der Waals surface area (Å²) >= 11 is 1.49. The molecule has 2 fully saturated rings. The van der Waals surface area contributed by atoms with Crippen LogP contribution in [-0.4, -0.2) is 41.1 Å². The molecular weight excluding hydrogens is 374 g/mol. The molecule has 1 aromatic heterocycles. The van der Waals surface area contributed by atoms with Crippen LogP contribution < -0.4 is 10.6 Å². The lowest BCUT2D eigenvalue weighted by molar-refractivity contribution is -0.142. The monoisotopic (exact) mass is 401 g/mol. The van der Waals surface area contributed by atoms with Gasteiger partial charge in [-0.15, -0.1) is 23.7 Å². The van der Waals surface area contributed by atoms with E-state index in [0.29, 0.717) is 17.7 Å². The van der Waals surface area contributed by atoms with Crippen LogP contribution in [0.4, 0.5) is 0 Å². The third kappa shape index (κ3) is 5.93. The van der Waals surface area contributed by atoms with Crippen molar-refractivity contribution in [3.63, 3.8) is 0 Å². The minimum Gasteiger partial charge on any atom is -0.481 e. The summed E-state index contributed by atoms with van der Waals surface area (Å²) in [5.41, 5.74) is 0. The van der Waals surface area contributed by atoms with Crippen LogP contribution in [-0.2, 0) is 11.2 Å². The number of piperidine rings is 1. The standard InChI is InChI=1S/C18H27N3O3S.ClH/c22-17(21-14-4-2-13(3-5-14)18(23)24)15-11-20-16(25-15)6-1-12-7-9-19-10-8-12;/h11-14,19H,1-10H2,(H,21,22)(H,23,24);1H. The molecule has 1 amide bonds. The Bertz CT molecular complexity index is 596. The second-order valence-electron chi connectivity index (χ2n) is 7.21. The van der Waals surface area contributed by atoms with Gasteiger partial charge in [-0.3, -0.25) is 9.59 Å². The summed E-state index contributed by atoms with van der Waals surface area (Å²) in [5, 5.41) is 16.5. The Kier molecular flexibility index (Phi) is 8.31. The number of hydrogen-bond acceptors (Lipinski definition) is 5. The third-order valence-corrected chi connectivity index (χ3v) is 6.47. The van der Waals surface area contributed by atoms with Gasteiger partial charge in [0.25, 0.3) is 5.91 Å². The number of carbonyl (C=O) groups is 2. The number of carboxylic acid groups (broad SMARTS) is 1. The number of halogens is 1. The summed E-state index contributed by atoms with van der Waals surface area (Å²) in [4.78, 5) is 28.4.